The van der Waals surface area contributed by atoms with Gasteiger partial charge in [-0.2, -0.15) is 0 Å². The maximum atomic E-state index is 12.4. The van der Waals surface area contributed by atoms with Crippen LogP contribution in [0.1, 0.15) is 20.7 Å². The van der Waals surface area contributed by atoms with Crippen molar-refractivity contribution in [3.05, 3.63) is 57.2 Å². The van der Waals surface area contributed by atoms with Crippen LogP contribution in [0.5, 0.6) is 0 Å². The van der Waals surface area contributed by atoms with Gasteiger partial charge in [-0.25, -0.2) is 4.79 Å². The third-order valence-electron chi connectivity index (χ3n) is 3.09. The van der Waals surface area contributed by atoms with Gasteiger partial charge in [-0.3, -0.25) is 4.79 Å². The zero-order valence-corrected chi connectivity index (χ0v) is 16.0. The molecule has 0 atom stereocenters. The zero-order chi connectivity index (χ0) is 17.0. The van der Waals surface area contributed by atoms with Gasteiger partial charge in [0.05, 0.1) is 18.2 Å². The average molecular weight is 441 g/mol. The van der Waals surface area contributed by atoms with Crippen LogP contribution in [0.2, 0.25) is 0 Å². The summed E-state index contributed by atoms with van der Waals surface area (Å²) in [5.41, 5.74) is 1.10. The highest BCUT2D eigenvalue weighted by atomic mass is 127. The van der Waals surface area contributed by atoms with Crippen LogP contribution in [0.4, 0.5) is 0 Å². The number of halogens is 1. The van der Waals surface area contributed by atoms with E-state index >= 15 is 0 Å². The Hall–Kier alpha value is -1.54. The number of carbonyl (C=O) groups excluding carboxylic acids is 2. The Morgan fingerprint density at radius 2 is 1.70 bits per heavy atom. The van der Waals surface area contributed by atoms with Gasteiger partial charge >= 0.3 is 5.97 Å². The largest absolute Gasteiger partial charge is 0.465 e. The molecule has 23 heavy (non-hydrogen) atoms. The minimum atomic E-state index is -0.390. The lowest BCUT2D eigenvalue weighted by Gasteiger charge is -2.15. The Balaban J connectivity index is 2.46. The SMILES string of the molecule is COC(=O)c1ccccc1Sc1ccc(I)cc1C(=O)N(C)C. The molecule has 1 amide bonds. The number of rotatable bonds is 4. The van der Waals surface area contributed by atoms with Crippen LogP contribution in [0, 0.1) is 3.57 Å². The Morgan fingerprint density at radius 1 is 1.04 bits per heavy atom. The molecule has 0 aliphatic carbocycles. The van der Waals surface area contributed by atoms with E-state index in [0.717, 1.165) is 13.4 Å². The van der Waals surface area contributed by atoms with E-state index in [1.54, 1.807) is 31.1 Å². The lowest BCUT2D eigenvalue weighted by Crippen LogP contribution is -2.22. The summed E-state index contributed by atoms with van der Waals surface area (Å²) in [5.74, 6) is -0.458. The summed E-state index contributed by atoms with van der Waals surface area (Å²) < 4.78 is 5.81. The maximum absolute atomic E-state index is 12.4. The van der Waals surface area contributed by atoms with E-state index in [4.69, 9.17) is 4.74 Å². The van der Waals surface area contributed by atoms with Crippen LogP contribution in [-0.4, -0.2) is 38.0 Å². The summed E-state index contributed by atoms with van der Waals surface area (Å²) in [6.07, 6.45) is 0. The minimum Gasteiger partial charge on any atom is -0.465 e. The van der Waals surface area contributed by atoms with Crippen molar-refractivity contribution in [3.8, 4) is 0 Å². The lowest BCUT2D eigenvalue weighted by atomic mass is 10.2. The summed E-state index contributed by atoms with van der Waals surface area (Å²) >= 11 is 3.57. The van der Waals surface area contributed by atoms with E-state index in [-0.39, 0.29) is 11.9 Å². The highest BCUT2D eigenvalue weighted by Crippen LogP contribution is 2.34. The van der Waals surface area contributed by atoms with E-state index in [2.05, 4.69) is 22.6 Å². The molecule has 2 rings (SSSR count). The van der Waals surface area contributed by atoms with E-state index in [9.17, 15) is 9.59 Å². The summed E-state index contributed by atoms with van der Waals surface area (Å²) in [4.78, 5) is 27.4. The number of esters is 1. The number of benzene rings is 2. The third-order valence-corrected chi connectivity index (χ3v) is 4.91. The van der Waals surface area contributed by atoms with Crippen LogP contribution in [0.3, 0.4) is 0 Å². The van der Waals surface area contributed by atoms with Crippen LogP contribution in [0.25, 0.3) is 0 Å². The molecular weight excluding hydrogens is 425 g/mol. The second kappa shape index (κ2) is 7.83. The predicted molar refractivity (Wildman–Crippen MR) is 99.1 cm³/mol. The Bertz CT molecular complexity index is 746. The fourth-order valence-electron chi connectivity index (χ4n) is 1.95. The van der Waals surface area contributed by atoms with Gasteiger partial charge in [-0.15, -0.1) is 0 Å². The van der Waals surface area contributed by atoms with Gasteiger partial charge in [0.15, 0.2) is 0 Å². The maximum Gasteiger partial charge on any atom is 0.339 e. The van der Waals surface area contributed by atoms with Crippen molar-refractivity contribution >= 4 is 46.2 Å². The summed E-state index contributed by atoms with van der Waals surface area (Å²) in [7, 11) is 4.80. The smallest absolute Gasteiger partial charge is 0.339 e. The molecule has 0 spiro atoms. The molecule has 0 aliphatic heterocycles. The summed E-state index contributed by atoms with van der Waals surface area (Å²) in [5, 5.41) is 0. The van der Waals surface area contributed by atoms with Gasteiger partial charge in [0.25, 0.3) is 5.91 Å². The molecule has 0 unspecified atom stereocenters. The predicted octanol–water partition coefficient (Wildman–Crippen LogP) is 3.93. The molecule has 0 saturated carbocycles. The van der Waals surface area contributed by atoms with Gasteiger partial charge in [-0.05, 0) is 52.9 Å². The summed E-state index contributed by atoms with van der Waals surface area (Å²) in [6, 6.07) is 12.9. The second-order valence-electron chi connectivity index (χ2n) is 4.93. The Morgan fingerprint density at radius 3 is 2.35 bits per heavy atom. The van der Waals surface area contributed by atoms with Gasteiger partial charge < -0.3 is 9.64 Å². The number of carbonyl (C=O) groups is 2. The first kappa shape index (κ1) is 17.8. The second-order valence-corrected chi connectivity index (χ2v) is 7.26. The number of hydrogen-bond acceptors (Lipinski definition) is 4. The monoisotopic (exact) mass is 441 g/mol. The number of ether oxygens (including phenoxy) is 1. The normalized spacial score (nSPS) is 10.3. The van der Waals surface area contributed by atoms with Crippen molar-refractivity contribution in [2.24, 2.45) is 0 Å². The van der Waals surface area contributed by atoms with Crippen molar-refractivity contribution < 1.29 is 14.3 Å². The molecule has 0 aliphatic rings. The van der Waals surface area contributed by atoms with E-state index in [1.807, 2.05) is 30.3 Å². The topological polar surface area (TPSA) is 46.6 Å². The van der Waals surface area contributed by atoms with Crippen LogP contribution in [-0.2, 0) is 4.74 Å². The number of hydrogen-bond donors (Lipinski definition) is 0. The Labute approximate surface area is 153 Å². The van der Waals surface area contributed by atoms with Gasteiger partial charge in [0, 0.05) is 27.5 Å². The van der Waals surface area contributed by atoms with Crippen LogP contribution in [0.15, 0.2) is 52.3 Å². The highest BCUT2D eigenvalue weighted by molar-refractivity contribution is 14.1. The van der Waals surface area contributed by atoms with Crippen LogP contribution < -0.4 is 0 Å². The van der Waals surface area contributed by atoms with Crippen molar-refractivity contribution in [2.45, 2.75) is 9.79 Å². The molecule has 2 aromatic carbocycles. The molecule has 0 aromatic heterocycles. The third kappa shape index (κ3) is 4.26. The molecule has 0 radical (unpaired) electrons. The molecular formula is C17H16INO3S. The average Bonchev–Trinajstić information content (AvgIpc) is 2.55. The molecule has 2 aromatic rings. The minimum absolute atomic E-state index is 0.0680. The molecule has 0 fully saturated rings. The fourth-order valence-corrected chi connectivity index (χ4v) is 3.48. The molecule has 0 heterocycles. The first-order valence-electron chi connectivity index (χ1n) is 6.80. The molecule has 6 heteroatoms. The van der Waals surface area contributed by atoms with E-state index in [0.29, 0.717) is 11.1 Å². The molecule has 0 N–H and O–H groups in total. The van der Waals surface area contributed by atoms with Crippen molar-refractivity contribution in [1.29, 1.82) is 0 Å². The van der Waals surface area contributed by atoms with E-state index in [1.165, 1.54) is 18.9 Å². The summed E-state index contributed by atoms with van der Waals surface area (Å²) in [6.45, 7) is 0. The molecule has 120 valence electrons. The first-order valence-corrected chi connectivity index (χ1v) is 8.70. The van der Waals surface area contributed by atoms with Crippen molar-refractivity contribution in [1.82, 2.24) is 4.90 Å². The fraction of sp³-hybridized carbons (Fsp3) is 0.176. The molecule has 4 nitrogen and oxygen atoms in total. The number of nitrogens with zero attached hydrogens (tertiary/aromatic N) is 1. The van der Waals surface area contributed by atoms with Gasteiger partial charge in [0.1, 0.15) is 0 Å². The number of amides is 1. The first-order chi connectivity index (χ1) is 10.9. The van der Waals surface area contributed by atoms with Gasteiger partial charge in [-0.1, -0.05) is 23.9 Å². The van der Waals surface area contributed by atoms with Crippen molar-refractivity contribution in [2.75, 3.05) is 21.2 Å². The Kier molecular flexibility index (Phi) is 6.06. The highest BCUT2D eigenvalue weighted by Gasteiger charge is 2.18. The lowest BCUT2D eigenvalue weighted by molar-refractivity contribution is 0.0596. The zero-order valence-electron chi connectivity index (χ0n) is 13.0. The van der Waals surface area contributed by atoms with Crippen LogP contribution >= 0.6 is 34.4 Å². The van der Waals surface area contributed by atoms with E-state index < -0.39 is 0 Å². The number of methoxy groups -OCH3 is 1. The quantitative estimate of drug-likeness (QED) is 0.533. The molecule has 0 saturated heterocycles. The van der Waals surface area contributed by atoms with Crippen molar-refractivity contribution in [3.63, 3.8) is 0 Å². The van der Waals surface area contributed by atoms with Gasteiger partial charge in [0.2, 0.25) is 0 Å². The molecule has 0 bridgehead atoms. The standard InChI is InChI=1S/C17H16INO3S/c1-19(2)16(20)13-10-11(18)8-9-15(13)23-14-7-5-4-6-12(14)17(21)22-3/h4-10H,1-3H3.